The highest BCUT2D eigenvalue weighted by atomic mass is 32.2. The predicted molar refractivity (Wildman–Crippen MR) is 105 cm³/mol. The van der Waals surface area contributed by atoms with Gasteiger partial charge in [-0.25, -0.2) is 4.98 Å². The number of nitrogens with zero attached hydrogens (tertiary/aromatic N) is 3. The van der Waals surface area contributed by atoms with Crippen molar-refractivity contribution in [1.29, 1.82) is 5.26 Å². The van der Waals surface area contributed by atoms with Crippen molar-refractivity contribution in [2.24, 2.45) is 0 Å². The first-order valence-electron chi connectivity index (χ1n) is 8.76. The quantitative estimate of drug-likeness (QED) is 0.626. The molecule has 1 fully saturated rings. The van der Waals surface area contributed by atoms with Crippen molar-refractivity contribution < 1.29 is 4.79 Å². The van der Waals surface area contributed by atoms with Crippen LogP contribution in [-0.4, -0.2) is 26.8 Å². The maximum atomic E-state index is 12.8. The lowest BCUT2D eigenvalue weighted by atomic mass is 10.0. The van der Waals surface area contributed by atoms with E-state index in [0.29, 0.717) is 29.9 Å². The number of amides is 1. The fraction of sp³-hybridized carbons (Fsp3) is 0.556. The molecule has 3 rings (SSSR count). The minimum absolute atomic E-state index is 0.0495. The van der Waals surface area contributed by atoms with Crippen molar-refractivity contribution in [2.75, 3.05) is 5.75 Å². The first-order valence-corrected chi connectivity index (χ1v) is 10.6. The van der Waals surface area contributed by atoms with E-state index in [2.05, 4.69) is 16.4 Å². The average molecular weight is 391 g/mol. The molecule has 8 heteroatoms. The van der Waals surface area contributed by atoms with Gasteiger partial charge >= 0.3 is 0 Å². The van der Waals surface area contributed by atoms with Gasteiger partial charge in [0.15, 0.2) is 5.16 Å². The molecule has 1 N–H and O–H groups in total. The van der Waals surface area contributed by atoms with Crippen LogP contribution in [-0.2, 0) is 11.3 Å². The zero-order valence-corrected chi connectivity index (χ0v) is 16.9. The molecule has 0 aromatic carbocycles. The Morgan fingerprint density at radius 2 is 2.12 bits per heavy atom. The van der Waals surface area contributed by atoms with Gasteiger partial charge in [0.25, 0.3) is 5.56 Å². The number of thiophene rings is 1. The van der Waals surface area contributed by atoms with E-state index in [9.17, 15) is 14.9 Å². The monoisotopic (exact) mass is 390 g/mol. The molecule has 26 heavy (non-hydrogen) atoms. The molecular formula is C18H22N4O2S2. The number of carbonyl (C=O) groups is 1. The highest BCUT2D eigenvalue weighted by Gasteiger charge is 2.35. The summed E-state index contributed by atoms with van der Waals surface area (Å²) >= 11 is 2.76. The number of hydrogen-bond acceptors (Lipinski definition) is 6. The third-order valence-corrected chi connectivity index (χ3v) is 7.03. The molecule has 2 aromatic rings. The van der Waals surface area contributed by atoms with Gasteiger partial charge in [-0.1, -0.05) is 11.8 Å². The molecule has 6 nitrogen and oxygen atoms in total. The topological polar surface area (TPSA) is 87.8 Å². The second-order valence-corrected chi connectivity index (χ2v) is 8.79. The van der Waals surface area contributed by atoms with E-state index >= 15 is 0 Å². The lowest BCUT2D eigenvalue weighted by Gasteiger charge is -2.21. The molecular weight excluding hydrogens is 368 g/mol. The van der Waals surface area contributed by atoms with Crippen molar-refractivity contribution >= 4 is 39.2 Å². The summed E-state index contributed by atoms with van der Waals surface area (Å²) in [6.07, 6.45) is 3.34. The molecule has 0 bridgehead atoms. The SMILES string of the molecule is CCn1c(SCC(=O)NC2(C#N)CCCC2)nc2sc(C)c(C)c2c1=O. The van der Waals surface area contributed by atoms with Gasteiger partial charge in [0.2, 0.25) is 5.91 Å². The minimum Gasteiger partial charge on any atom is -0.337 e. The Kier molecular flexibility index (Phi) is 5.39. The molecule has 1 aliphatic rings. The molecule has 0 aliphatic heterocycles. The Morgan fingerprint density at radius 1 is 1.42 bits per heavy atom. The second kappa shape index (κ2) is 7.41. The summed E-state index contributed by atoms with van der Waals surface area (Å²) in [6, 6.07) is 2.26. The standard InChI is InChI=1S/C18H22N4O2S2/c1-4-22-16(24)14-11(2)12(3)26-15(14)20-17(22)25-9-13(23)21-18(10-19)7-5-6-8-18/h4-9H2,1-3H3,(H,21,23). The van der Waals surface area contributed by atoms with Crippen LogP contribution >= 0.6 is 23.1 Å². The molecule has 1 aliphatic carbocycles. The Hall–Kier alpha value is -1.85. The molecule has 138 valence electrons. The average Bonchev–Trinajstić information content (AvgIpc) is 3.19. The van der Waals surface area contributed by atoms with Gasteiger partial charge in [-0.3, -0.25) is 14.2 Å². The largest absolute Gasteiger partial charge is 0.337 e. The zero-order valence-electron chi connectivity index (χ0n) is 15.2. The van der Waals surface area contributed by atoms with Crippen LogP contribution in [0.5, 0.6) is 0 Å². The molecule has 0 unspecified atom stereocenters. The van der Waals surface area contributed by atoms with Crippen LogP contribution in [0.1, 0.15) is 43.0 Å². The van der Waals surface area contributed by atoms with Crippen LogP contribution in [0.15, 0.2) is 9.95 Å². The van der Waals surface area contributed by atoms with Gasteiger partial charge in [-0.15, -0.1) is 11.3 Å². The van der Waals surface area contributed by atoms with Crippen LogP contribution in [0.3, 0.4) is 0 Å². The lowest BCUT2D eigenvalue weighted by molar-refractivity contribution is -0.119. The van der Waals surface area contributed by atoms with E-state index in [-0.39, 0.29) is 17.2 Å². The van der Waals surface area contributed by atoms with Crippen LogP contribution in [0.4, 0.5) is 0 Å². The Labute approximate surface area is 160 Å². The maximum Gasteiger partial charge on any atom is 0.263 e. The van der Waals surface area contributed by atoms with Crippen molar-refractivity contribution in [2.45, 2.75) is 63.7 Å². The molecule has 1 amide bonds. The molecule has 0 saturated heterocycles. The highest BCUT2D eigenvalue weighted by molar-refractivity contribution is 7.99. The second-order valence-electron chi connectivity index (χ2n) is 6.65. The number of hydrogen-bond donors (Lipinski definition) is 1. The van der Waals surface area contributed by atoms with Crippen LogP contribution in [0.2, 0.25) is 0 Å². The number of rotatable bonds is 5. The number of thioether (sulfide) groups is 1. The van der Waals surface area contributed by atoms with Gasteiger partial charge in [-0.2, -0.15) is 5.26 Å². The van der Waals surface area contributed by atoms with Gasteiger partial charge in [0, 0.05) is 11.4 Å². The number of carbonyl (C=O) groups excluding carboxylic acids is 1. The molecule has 2 heterocycles. The van der Waals surface area contributed by atoms with E-state index in [1.54, 1.807) is 4.57 Å². The van der Waals surface area contributed by atoms with Crippen LogP contribution < -0.4 is 10.9 Å². The normalized spacial score (nSPS) is 15.9. The summed E-state index contributed by atoms with van der Waals surface area (Å²) in [7, 11) is 0. The van der Waals surface area contributed by atoms with Gasteiger partial charge < -0.3 is 5.32 Å². The van der Waals surface area contributed by atoms with E-state index in [4.69, 9.17) is 0 Å². The van der Waals surface area contributed by atoms with Gasteiger partial charge in [0.1, 0.15) is 10.4 Å². The molecule has 1 saturated carbocycles. The third kappa shape index (κ3) is 3.38. The highest BCUT2D eigenvalue weighted by Crippen LogP contribution is 2.30. The van der Waals surface area contributed by atoms with Gasteiger partial charge in [0.05, 0.1) is 17.2 Å². The van der Waals surface area contributed by atoms with Crippen molar-refractivity contribution in [3.05, 3.63) is 20.8 Å². The maximum absolute atomic E-state index is 12.8. The molecule has 2 aromatic heterocycles. The Morgan fingerprint density at radius 3 is 2.73 bits per heavy atom. The fourth-order valence-electron chi connectivity index (χ4n) is 3.37. The smallest absolute Gasteiger partial charge is 0.263 e. The predicted octanol–water partition coefficient (Wildman–Crippen LogP) is 3.14. The summed E-state index contributed by atoms with van der Waals surface area (Å²) in [6.45, 7) is 6.33. The summed E-state index contributed by atoms with van der Waals surface area (Å²) in [5.41, 5.74) is 0.212. The van der Waals surface area contributed by atoms with Crippen LogP contribution in [0, 0.1) is 25.2 Å². The number of aromatic nitrogens is 2. The van der Waals surface area contributed by atoms with Crippen LogP contribution in [0.25, 0.3) is 10.2 Å². The summed E-state index contributed by atoms with van der Waals surface area (Å²) in [5.74, 6) is -0.0426. The summed E-state index contributed by atoms with van der Waals surface area (Å²) < 4.78 is 1.62. The number of aryl methyl sites for hydroxylation is 2. The minimum atomic E-state index is -0.721. The van der Waals surface area contributed by atoms with E-state index in [1.165, 1.54) is 23.1 Å². The third-order valence-electron chi connectivity index (χ3n) is 4.95. The fourth-order valence-corrected chi connectivity index (χ4v) is 5.31. The van der Waals surface area contributed by atoms with Crippen molar-refractivity contribution in [1.82, 2.24) is 14.9 Å². The Balaban J connectivity index is 1.81. The van der Waals surface area contributed by atoms with E-state index < -0.39 is 5.54 Å². The summed E-state index contributed by atoms with van der Waals surface area (Å²) in [5, 5.41) is 13.5. The molecule has 0 atom stereocenters. The van der Waals surface area contributed by atoms with Crippen molar-refractivity contribution in [3.8, 4) is 6.07 Å². The van der Waals surface area contributed by atoms with Crippen molar-refractivity contribution in [3.63, 3.8) is 0 Å². The van der Waals surface area contributed by atoms with Gasteiger partial charge in [-0.05, 0) is 52.0 Å². The van der Waals surface area contributed by atoms with E-state index in [1.807, 2.05) is 20.8 Å². The first kappa shape index (κ1) is 18.9. The zero-order chi connectivity index (χ0) is 18.9. The molecule has 0 spiro atoms. The number of fused-ring (bicyclic) bond motifs is 1. The van der Waals surface area contributed by atoms with E-state index in [0.717, 1.165) is 28.1 Å². The summed E-state index contributed by atoms with van der Waals surface area (Å²) in [4.78, 5) is 31.6. The molecule has 0 radical (unpaired) electrons. The first-order chi connectivity index (χ1) is 12.4. The lowest BCUT2D eigenvalue weighted by Crippen LogP contribution is -2.45. The number of nitriles is 1. The number of nitrogens with one attached hydrogen (secondary N) is 1. The Bertz CT molecular complexity index is 949.